The molecule has 0 amide bonds. The maximum atomic E-state index is 13.0. The van der Waals surface area contributed by atoms with E-state index in [2.05, 4.69) is 17.6 Å². The van der Waals surface area contributed by atoms with Gasteiger partial charge in [0.05, 0.1) is 5.54 Å². The molecule has 1 aromatic rings. The molecule has 76 valence electrons. The first-order valence-corrected chi connectivity index (χ1v) is 4.92. The first-order valence-electron chi connectivity index (χ1n) is 4.92. The van der Waals surface area contributed by atoms with E-state index in [1.807, 2.05) is 6.07 Å². The number of rotatable bonds is 1. The minimum atomic E-state index is -0.170. The summed E-state index contributed by atoms with van der Waals surface area (Å²) in [5.74, 6) is -0.170. The summed E-state index contributed by atoms with van der Waals surface area (Å²) in [5.41, 5.74) is 0.866. The standard InChI is InChI=1S/C11H15FN2/c1-11(8-13-5-6-14-11)9-3-2-4-10(12)7-9/h2-4,7,13-14H,5-6,8H2,1H3. The second kappa shape index (κ2) is 3.67. The SMILES string of the molecule is CC1(c2cccc(F)c2)CNCCN1. The fourth-order valence-corrected chi connectivity index (χ4v) is 1.86. The van der Waals surface area contributed by atoms with Gasteiger partial charge in [0.1, 0.15) is 5.82 Å². The lowest BCUT2D eigenvalue weighted by Gasteiger charge is -2.36. The van der Waals surface area contributed by atoms with Crippen molar-refractivity contribution in [1.29, 1.82) is 0 Å². The van der Waals surface area contributed by atoms with E-state index >= 15 is 0 Å². The molecule has 1 atom stereocenters. The highest BCUT2D eigenvalue weighted by molar-refractivity contribution is 5.25. The predicted octanol–water partition coefficient (Wildman–Crippen LogP) is 1.23. The van der Waals surface area contributed by atoms with E-state index in [1.165, 1.54) is 6.07 Å². The van der Waals surface area contributed by atoms with Crippen LogP contribution in [0.3, 0.4) is 0 Å². The Labute approximate surface area is 83.5 Å². The molecule has 0 spiro atoms. The van der Waals surface area contributed by atoms with Crippen LogP contribution in [0.25, 0.3) is 0 Å². The van der Waals surface area contributed by atoms with Gasteiger partial charge in [-0.05, 0) is 24.6 Å². The minimum Gasteiger partial charge on any atom is -0.313 e. The molecule has 3 heteroatoms. The van der Waals surface area contributed by atoms with Crippen molar-refractivity contribution in [3.8, 4) is 0 Å². The number of halogens is 1. The zero-order chi connectivity index (χ0) is 10.0. The molecule has 1 heterocycles. The van der Waals surface area contributed by atoms with Crippen LogP contribution in [0.4, 0.5) is 4.39 Å². The van der Waals surface area contributed by atoms with Crippen molar-refractivity contribution in [1.82, 2.24) is 10.6 Å². The van der Waals surface area contributed by atoms with Crippen LogP contribution in [0.15, 0.2) is 24.3 Å². The van der Waals surface area contributed by atoms with Gasteiger partial charge in [-0.3, -0.25) is 0 Å². The molecule has 1 aliphatic heterocycles. The highest BCUT2D eigenvalue weighted by Gasteiger charge is 2.28. The van der Waals surface area contributed by atoms with Crippen molar-refractivity contribution in [2.45, 2.75) is 12.5 Å². The van der Waals surface area contributed by atoms with Crippen LogP contribution in [-0.2, 0) is 5.54 Å². The van der Waals surface area contributed by atoms with Crippen LogP contribution >= 0.6 is 0 Å². The normalized spacial score (nSPS) is 27.6. The Morgan fingerprint density at radius 2 is 2.21 bits per heavy atom. The van der Waals surface area contributed by atoms with E-state index in [0.29, 0.717) is 0 Å². The number of benzene rings is 1. The van der Waals surface area contributed by atoms with Gasteiger partial charge in [0.15, 0.2) is 0 Å². The van der Waals surface area contributed by atoms with Crippen LogP contribution < -0.4 is 10.6 Å². The number of hydrogen-bond acceptors (Lipinski definition) is 2. The van der Waals surface area contributed by atoms with Crippen LogP contribution in [0.2, 0.25) is 0 Å². The van der Waals surface area contributed by atoms with Gasteiger partial charge in [0.2, 0.25) is 0 Å². The third kappa shape index (κ3) is 1.79. The van der Waals surface area contributed by atoms with Gasteiger partial charge >= 0.3 is 0 Å². The van der Waals surface area contributed by atoms with E-state index in [4.69, 9.17) is 0 Å². The molecule has 2 nitrogen and oxygen atoms in total. The largest absolute Gasteiger partial charge is 0.313 e. The number of piperazine rings is 1. The van der Waals surface area contributed by atoms with E-state index in [-0.39, 0.29) is 11.4 Å². The average molecular weight is 194 g/mol. The number of nitrogens with one attached hydrogen (secondary N) is 2. The third-order valence-corrected chi connectivity index (χ3v) is 2.76. The molecule has 1 aliphatic rings. The molecule has 0 bridgehead atoms. The van der Waals surface area contributed by atoms with Gasteiger partial charge in [-0.25, -0.2) is 4.39 Å². The predicted molar refractivity (Wildman–Crippen MR) is 54.6 cm³/mol. The number of hydrogen-bond donors (Lipinski definition) is 2. The Morgan fingerprint density at radius 3 is 2.86 bits per heavy atom. The Morgan fingerprint density at radius 1 is 1.36 bits per heavy atom. The summed E-state index contributed by atoms with van der Waals surface area (Å²) < 4.78 is 13.0. The van der Waals surface area contributed by atoms with Gasteiger partial charge in [-0.2, -0.15) is 0 Å². The first-order chi connectivity index (χ1) is 6.71. The van der Waals surface area contributed by atoms with Gasteiger partial charge in [-0.15, -0.1) is 0 Å². The van der Waals surface area contributed by atoms with Gasteiger partial charge in [0.25, 0.3) is 0 Å². The lowest BCUT2D eigenvalue weighted by Crippen LogP contribution is -2.54. The second-order valence-corrected chi connectivity index (χ2v) is 3.95. The highest BCUT2D eigenvalue weighted by atomic mass is 19.1. The fraction of sp³-hybridized carbons (Fsp3) is 0.455. The van der Waals surface area contributed by atoms with Crippen LogP contribution in [-0.4, -0.2) is 19.6 Å². The minimum absolute atomic E-state index is 0.139. The molecule has 2 N–H and O–H groups in total. The maximum absolute atomic E-state index is 13.0. The topological polar surface area (TPSA) is 24.1 Å². The van der Waals surface area contributed by atoms with Crippen LogP contribution in [0, 0.1) is 5.82 Å². The van der Waals surface area contributed by atoms with Crippen molar-refractivity contribution in [2.75, 3.05) is 19.6 Å². The molecule has 1 aromatic carbocycles. The van der Waals surface area contributed by atoms with Crippen LogP contribution in [0.5, 0.6) is 0 Å². The summed E-state index contributed by atoms with van der Waals surface area (Å²) in [7, 11) is 0. The monoisotopic (exact) mass is 194 g/mol. The van der Waals surface area contributed by atoms with E-state index < -0.39 is 0 Å². The molecule has 1 saturated heterocycles. The Hall–Kier alpha value is -0.930. The second-order valence-electron chi connectivity index (χ2n) is 3.95. The summed E-state index contributed by atoms with van der Waals surface area (Å²) in [6, 6.07) is 6.79. The van der Waals surface area contributed by atoms with Crippen molar-refractivity contribution >= 4 is 0 Å². The molecule has 1 unspecified atom stereocenters. The summed E-state index contributed by atoms with van der Waals surface area (Å²) in [4.78, 5) is 0. The van der Waals surface area contributed by atoms with Gasteiger partial charge in [-0.1, -0.05) is 12.1 Å². The molecule has 0 aliphatic carbocycles. The average Bonchev–Trinajstić information content (AvgIpc) is 2.19. The van der Waals surface area contributed by atoms with E-state index in [1.54, 1.807) is 12.1 Å². The summed E-state index contributed by atoms with van der Waals surface area (Å²) in [6.07, 6.45) is 0. The maximum Gasteiger partial charge on any atom is 0.123 e. The zero-order valence-corrected chi connectivity index (χ0v) is 8.31. The van der Waals surface area contributed by atoms with Crippen molar-refractivity contribution in [3.63, 3.8) is 0 Å². The van der Waals surface area contributed by atoms with Crippen LogP contribution in [0.1, 0.15) is 12.5 Å². The lowest BCUT2D eigenvalue weighted by molar-refractivity contribution is 0.302. The van der Waals surface area contributed by atoms with Crippen molar-refractivity contribution < 1.29 is 4.39 Å². The van der Waals surface area contributed by atoms with Gasteiger partial charge < -0.3 is 10.6 Å². The molecule has 1 fully saturated rings. The molecule has 2 rings (SSSR count). The molecule has 0 aromatic heterocycles. The zero-order valence-electron chi connectivity index (χ0n) is 8.31. The summed E-state index contributed by atoms with van der Waals surface area (Å²) >= 11 is 0. The van der Waals surface area contributed by atoms with Crippen molar-refractivity contribution in [3.05, 3.63) is 35.6 Å². The smallest absolute Gasteiger partial charge is 0.123 e. The van der Waals surface area contributed by atoms with Crippen molar-refractivity contribution in [2.24, 2.45) is 0 Å². The quantitative estimate of drug-likeness (QED) is 0.702. The first kappa shape index (κ1) is 9.62. The van der Waals surface area contributed by atoms with E-state index in [0.717, 1.165) is 25.2 Å². The third-order valence-electron chi connectivity index (χ3n) is 2.76. The molecular weight excluding hydrogens is 179 g/mol. The summed E-state index contributed by atoms with van der Waals surface area (Å²) in [5, 5.41) is 6.72. The molecule has 14 heavy (non-hydrogen) atoms. The fourth-order valence-electron chi connectivity index (χ4n) is 1.86. The Kier molecular flexibility index (Phi) is 2.52. The molecule has 0 radical (unpaired) electrons. The Balaban J connectivity index is 2.28. The lowest BCUT2D eigenvalue weighted by atomic mass is 9.90. The highest BCUT2D eigenvalue weighted by Crippen LogP contribution is 2.21. The molecule has 0 saturated carbocycles. The Bertz CT molecular complexity index is 319. The van der Waals surface area contributed by atoms with E-state index in [9.17, 15) is 4.39 Å². The molecular formula is C11H15FN2. The summed E-state index contributed by atoms with van der Waals surface area (Å²) in [6.45, 7) is 4.84. The van der Waals surface area contributed by atoms with Gasteiger partial charge in [0, 0.05) is 19.6 Å².